The molecule has 0 saturated heterocycles. The molecule has 5 nitrogen and oxygen atoms in total. The van der Waals surface area contributed by atoms with E-state index in [1.54, 1.807) is 18.6 Å². The van der Waals surface area contributed by atoms with Crippen LogP contribution >= 0.6 is 0 Å². The van der Waals surface area contributed by atoms with Gasteiger partial charge in [0, 0.05) is 36.0 Å². The molecule has 5 heteroatoms. The molecule has 2 aromatic heterocycles. The monoisotopic (exact) mass is 444 g/mol. The number of hydrogen-bond acceptors (Lipinski definition) is 3. The van der Waals surface area contributed by atoms with Crippen LogP contribution in [0.5, 0.6) is 0 Å². The van der Waals surface area contributed by atoms with Gasteiger partial charge < -0.3 is 5.32 Å². The highest BCUT2D eigenvalue weighted by Gasteiger charge is 2.13. The van der Waals surface area contributed by atoms with E-state index < -0.39 is 0 Å². The SMILES string of the molecule is O=C(Nc1ccc(Cc2ccncc2)cc1)c1ccccc1-c1ccc(Cn2cccn2)cc1. The Kier molecular flexibility index (Phi) is 6.25. The molecule has 0 saturated carbocycles. The average Bonchev–Trinajstić information content (AvgIpc) is 3.39. The standard InChI is InChI=1S/C29H24N4O/c34-29(32-26-12-8-22(9-13-26)20-23-14-17-30-18-15-23)28-5-2-1-4-27(28)25-10-6-24(7-11-25)21-33-19-3-16-31-33/h1-19H,20-21H2,(H,32,34). The summed E-state index contributed by atoms with van der Waals surface area (Å²) in [6, 6.07) is 29.9. The third kappa shape index (κ3) is 5.10. The van der Waals surface area contributed by atoms with Gasteiger partial charge in [0.2, 0.25) is 0 Å². The minimum absolute atomic E-state index is 0.127. The number of anilines is 1. The van der Waals surface area contributed by atoms with E-state index in [0.717, 1.165) is 28.8 Å². The van der Waals surface area contributed by atoms with Gasteiger partial charge in [0.1, 0.15) is 0 Å². The van der Waals surface area contributed by atoms with Gasteiger partial charge in [-0.3, -0.25) is 14.5 Å². The lowest BCUT2D eigenvalue weighted by Crippen LogP contribution is -2.13. The maximum atomic E-state index is 13.1. The van der Waals surface area contributed by atoms with Crippen molar-refractivity contribution in [2.24, 2.45) is 0 Å². The molecule has 1 N–H and O–H groups in total. The second-order valence-corrected chi connectivity index (χ2v) is 8.13. The van der Waals surface area contributed by atoms with Gasteiger partial charge in [0.05, 0.1) is 6.54 Å². The number of nitrogens with zero attached hydrogens (tertiary/aromatic N) is 3. The van der Waals surface area contributed by atoms with Gasteiger partial charge in [-0.05, 0) is 70.6 Å². The van der Waals surface area contributed by atoms with Gasteiger partial charge in [-0.1, -0.05) is 54.6 Å². The third-order valence-electron chi connectivity index (χ3n) is 5.71. The Bertz CT molecular complexity index is 1360. The molecular formula is C29H24N4O. The highest BCUT2D eigenvalue weighted by Crippen LogP contribution is 2.25. The van der Waals surface area contributed by atoms with Crippen LogP contribution in [0.25, 0.3) is 11.1 Å². The quantitative estimate of drug-likeness (QED) is 0.343. The average molecular weight is 445 g/mol. The van der Waals surface area contributed by atoms with Crippen molar-refractivity contribution in [2.45, 2.75) is 13.0 Å². The van der Waals surface area contributed by atoms with E-state index in [0.29, 0.717) is 12.1 Å². The molecule has 0 aliphatic heterocycles. The highest BCUT2D eigenvalue weighted by molar-refractivity contribution is 6.08. The van der Waals surface area contributed by atoms with Crippen molar-refractivity contribution in [1.82, 2.24) is 14.8 Å². The van der Waals surface area contributed by atoms with Crippen LogP contribution < -0.4 is 5.32 Å². The molecule has 5 rings (SSSR count). The lowest BCUT2D eigenvalue weighted by Gasteiger charge is -2.12. The van der Waals surface area contributed by atoms with Crippen LogP contribution in [0.4, 0.5) is 5.69 Å². The van der Waals surface area contributed by atoms with Gasteiger partial charge in [-0.2, -0.15) is 5.10 Å². The molecule has 166 valence electrons. The summed E-state index contributed by atoms with van der Waals surface area (Å²) in [5.41, 5.74) is 6.86. The van der Waals surface area contributed by atoms with Crippen LogP contribution in [0.1, 0.15) is 27.0 Å². The van der Waals surface area contributed by atoms with Crippen LogP contribution in [0.2, 0.25) is 0 Å². The van der Waals surface area contributed by atoms with Crippen molar-refractivity contribution in [3.05, 3.63) is 138 Å². The summed E-state index contributed by atoms with van der Waals surface area (Å²) < 4.78 is 1.89. The van der Waals surface area contributed by atoms with Crippen molar-refractivity contribution < 1.29 is 4.79 Å². The molecule has 0 unspecified atom stereocenters. The predicted octanol–water partition coefficient (Wildman–Crippen LogP) is 5.84. The van der Waals surface area contributed by atoms with Crippen molar-refractivity contribution >= 4 is 11.6 Å². The highest BCUT2D eigenvalue weighted by atomic mass is 16.1. The topological polar surface area (TPSA) is 59.8 Å². The number of nitrogens with one attached hydrogen (secondary N) is 1. The Labute approximate surface area is 198 Å². The van der Waals surface area contributed by atoms with Gasteiger partial charge >= 0.3 is 0 Å². The van der Waals surface area contributed by atoms with Crippen molar-refractivity contribution in [2.75, 3.05) is 5.32 Å². The summed E-state index contributed by atoms with van der Waals surface area (Å²) in [7, 11) is 0. The number of benzene rings is 3. The fraction of sp³-hybridized carbons (Fsp3) is 0.0690. The smallest absolute Gasteiger partial charge is 0.256 e. The molecule has 0 aliphatic rings. The number of carbonyl (C=O) groups excluding carboxylic acids is 1. The molecule has 1 amide bonds. The molecule has 0 fully saturated rings. The number of amides is 1. The van der Waals surface area contributed by atoms with E-state index in [-0.39, 0.29) is 5.91 Å². The van der Waals surface area contributed by atoms with E-state index in [2.05, 4.69) is 39.7 Å². The lowest BCUT2D eigenvalue weighted by molar-refractivity contribution is 0.102. The van der Waals surface area contributed by atoms with Crippen LogP contribution in [0, 0.1) is 0 Å². The zero-order chi connectivity index (χ0) is 23.2. The Balaban J connectivity index is 1.29. The minimum Gasteiger partial charge on any atom is -0.322 e. The first-order valence-electron chi connectivity index (χ1n) is 11.2. The Morgan fingerprint density at radius 3 is 2.18 bits per heavy atom. The van der Waals surface area contributed by atoms with Crippen molar-refractivity contribution in [1.29, 1.82) is 0 Å². The maximum absolute atomic E-state index is 13.1. The molecule has 5 aromatic rings. The van der Waals surface area contributed by atoms with E-state index in [4.69, 9.17) is 0 Å². The number of hydrogen-bond donors (Lipinski definition) is 1. The van der Waals surface area contributed by atoms with E-state index in [1.807, 2.05) is 77.6 Å². The number of aromatic nitrogens is 3. The van der Waals surface area contributed by atoms with Crippen LogP contribution in [-0.2, 0) is 13.0 Å². The van der Waals surface area contributed by atoms with Gasteiger partial charge in [-0.25, -0.2) is 0 Å². The lowest BCUT2D eigenvalue weighted by atomic mass is 9.98. The molecule has 2 heterocycles. The molecular weight excluding hydrogens is 420 g/mol. The second kappa shape index (κ2) is 9.96. The number of carbonyl (C=O) groups is 1. The van der Waals surface area contributed by atoms with E-state index in [1.165, 1.54) is 11.1 Å². The summed E-state index contributed by atoms with van der Waals surface area (Å²) in [6.45, 7) is 0.715. The maximum Gasteiger partial charge on any atom is 0.256 e. The van der Waals surface area contributed by atoms with Crippen LogP contribution in [0.15, 0.2) is 116 Å². The molecule has 34 heavy (non-hydrogen) atoms. The zero-order valence-corrected chi connectivity index (χ0v) is 18.6. The summed E-state index contributed by atoms with van der Waals surface area (Å²) in [5, 5.41) is 7.30. The van der Waals surface area contributed by atoms with Crippen LogP contribution in [0.3, 0.4) is 0 Å². The fourth-order valence-corrected chi connectivity index (χ4v) is 3.94. The Hall–Kier alpha value is -4.51. The molecule has 0 atom stereocenters. The first-order chi connectivity index (χ1) is 16.7. The van der Waals surface area contributed by atoms with Gasteiger partial charge in [0.15, 0.2) is 0 Å². The summed E-state index contributed by atoms with van der Waals surface area (Å²) in [6.07, 6.45) is 8.15. The molecule has 0 aliphatic carbocycles. The molecule has 0 bridgehead atoms. The van der Waals surface area contributed by atoms with Crippen molar-refractivity contribution in [3.63, 3.8) is 0 Å². The largest absolute Gasteiger partial charge is 0.322 e. The van der Waals surface area contributed by atoms with Gasteiger partial charge in [-0.15, -0.1) is 0 Å². The van der Waals surface area contributed by atoms with Gasteiger partial charge in [0.25, 0.3) is 5.91 Å². The predicted molar refractivity (Wildman–Crippen MR) is 135 cm³/mol. The minimum atomic E-state index is -0.127. The zero-order valence-electron chi connectivity index (χ0n) is 18.6. The number of pyridine rings is 1. The fourth-order valence-electron chi connectivity index (χ4n) is 3.94. The molecule has 0 spiro atoms. The number of rotatable bonds is 7. The summed E-state index contributed by atoms with van der Waals surface area (Å²) >= 11 is 0. The van der Waals surface area contributed by atoms with E-state index in [9.17, 15) is 4.79 Å². The van der Waals surface area contributed by atoms with Crippen LogP contribution in [-0.4, -0.2) is 20.7 Å². The Morgan fingerprint density at radius 2 is 1.44 bits per heavy atom. The first kappa shape index (κ1) is 21.3. The molecule has 0 radical (unpaired) electrons. The third-order valence-corrected chi connectivity index (χ3v) is 5.71. The normalized spacial score (nSPS) is 10.7. The van der Waals surface area contributed by atoms with E-state index >= 15 is 0 Å². The molecule has 3 aromatic carbocycles. The summed E-state index contributed by atoms with van der Waals surface area (Å²) in [5.74, 6) is -0.127. The Morgan fingerprint density at radius 1 is 0.735 bits per heavy atom. The second-order valence-electron chi connectivity index (χ2n) is 8.13. The summed E-state index contributed by atoms with van der Waals surface area (Å²) in [4.78, 5) is 17.2. The first-order valence-corrected chi connectivity index (χ1v) is 11.2. The van der Waals surface area contributed by atoms with Crippen molar-refractivity contribution in [3.8, 4) is 11.1 Å².